The van der Waals surface area contributed by atoms with Gasteiger partial charge in [0.15, 0.2) is 17.8 Å². The van der Waals surface area contributed by atoms with Gasteiger partial charge in [-0.2, -0.15) is 0 Å². The molecule has 8 heteroatoms. The minimum atomic E-state index is -2.52. The number of alkyl halides is 4. The van der Waals surface area contributed by atoms with Crippen molar-refractivity contribution < 1.29 is 30.7 Å². The zero-order valence-corrected chi connectivity index (χ0v) is 11.7. The topological polar surface area (TPSA) is 26.0 Å². The molecule has 0 aliphatic heterocycles. The van der Waals surface area contributed by atoms with Gasteiger partial charge in [0, 0.05) is 11.6 Å². The van der Waals surface area contributed by atoms with Crippen molar-refractivity contribution in [2.45, 2.75) is 50.5 Å². The maximum atomic E-state index is 13.8. The van der Waals surface area contributed by atoms with Crippen molar-refractivity contribution >= 4 is 0 Å². The van der Waals surface area contributed by atoms with E-state index in [0.717, 1.165) is 6.92 Å². The molecule has 5 atom stereocenters. The number of hydrogen-bond acceptors (Lipinski definition) is 1. The Morgan fingerprint density at radius 1 is 0.955 bits per heavy atom. The van der Waals surface area contributed by atoms with Gasteiger partial charge in [0.25, 0.3) is 0 Å². The number of hydrogen-bond donors (Lipinski definition) is 1. The van der Waals surface area contributed by atoms with Crippen LogP contribution in [0.15, 0.2) is 12.1 Å². The van der Waals surface area contributed by atoms with Crippen LogP contribution in [0.1, 0.15) is 31.4 Å². The van der Waals surface area contributed by atoms with Gasteiger partial charge >= 0.3 is 0 Å². The highest BCUT2D eigenvalue weighted by Crippen LogP contribution is 2.28. The second kappa shape index (κ2) is 7.80. The monoisotopic (exact) mass is 331 g/mol. The highest BCUT2D eigenvalue weighted by Gasteiger charge is 2.32. The normalized spacial score (nSPS) is 18.6. The van der Waals surface area contributed by atoms with E-state index < -0.39 is 66.6 Å². The summed E-state index contributed by atoms with van der Waals surface area (Å²) in [5, 5.41) is 0. The lowest BCUT2D eigenvalue weighted by molar-refractivity contribution is 0.106. The number of halogens is 7. The van der Waals surface area contributed by atoms with Crippen LogP contribution in [0.5, 0.6) is 0 Å². The molecule has 0 fully saturated rings. The van der Waals surface area contributed by atoms with Crippen molar-refractivity contribution in [3.8, 4) is 0 Å². The van der Waals surface area contributed by atoms with Gasteiger partial charge in [-0.15, -0.1) is 0 Å². The molecule has 0 bridgehead atoms. The van der Waals surface area contributed by atoms with Gasteiger partial charge in [-0.1, -0.05) is 0 Å². The lowest BCUT2D eigenvalue weighted by Crippen LogP contribution is -2.32. The number of rotatable bonds is 7. The van der Waals surface area contributed by atoms with E-state index in [1.807, 2.05) is 0 Å². The zero-order valence-electron chi connectivity index (χ0n) is 11.7. The van der Waals surface area contributed by atoms with Crippen LogP contribution in [0.4, 0.5) is 30.7 Å². The van der Waals surface area contributed by atoms with Crippen molar-refractivity contribution in [3.05, 3.63) is 35.1 Å². The standard InChI is InChI=1S/C14H16F7N/c1-6(15)9(17)2-3-10(18)13(21)14(22)8-4-7(16)5-11(19)12(8)20/h4-6,9-10,13-14H,2-3,22H2,1H3. The fourth-order valence-electron chi connectivity index (χ4n) is 1.92. The van der Waals surface area contributed by atoms with E-state index in [1.54, 1.807) is 0 Å². The van der Waals surface area contributed by atoms with Crippen LogP contribution < -0.4 is 5.73 Å². The molecule has 0 aromatic heterocycles. The molecule has 0 amide bonds. The summed E-state index contributed by atoms with van der Waals surface area (Å²) in [6.45, 7) is 0.932. The van der Waals surface area contributed by atoms with Crippen LogP contribution in [0.25, 0.3) is 0 Å². The van der Waals surface area contributed by atoms with Crippen LogP contribution in [0.2, 0.25) is 0 Å². The summed E-state index contributed by atoms with van der Waals surface area (Å²) in [5.41, 5.74) is 4.43. The van der Waals surface area contributed by atoms with E-state index in [0.29, 0.717) is 6.07 Å². The minimum absolute atomic E-state index is 0.238. The molecule has 0 radical (unpaired) electrons. The molecular formula is C14H16F7N. The summed E-state index contributed by atoms with van der Waals surface area (Å²) in [5.74, 6) is -4.35. The predicted molar refractivity (Wildman–Crippen MR) is 67.7 cm³/mol. The van der Waals surface area contributed by atoms with Crippen LogP contribution in [0.3, 0.4) is 0 Å². The average Bonchev–Trinajstić information content (AvgIpc) is 2.46. The van der Waals surface area contributed by atoms with E-state index in [9.17, 15) is 30.7 Å². The Morgan fingerprint density at radius 3 is 2.05 bits per heavy atom. The molecule has 0 saturated heterocycles. The van der Waals surface area contributed by atoms with E-state index >= 15 is 0 Å². The Morgan fingerprint density at radius 2 is 1.50 bits per heavy atom. The molecule has 5 unspecified atom stereocenters. The van der Waals surface area contributed by atoms with E-state index in [2.05, 4.69) is 0 Å². The van der Waals surface area contributed by atoms with Crippen molar-refractivity contribution in [1.29, 1.82) is 0 Å². The van der Waals surface area contributed by atoms with Gasteiger partial charge in [0.05, 0.1) is 6.04 Å². The number of nitrogens with two attached hydrogens (primary N) is 1. The molecule has 1 rings (SSSR count). The molecule has 0 heterocycles. The van der Waals surface area contributed by atoms with E-state index in [1.165, 1.54) is 0 Å². The second-order valence-corrected chi connectivity index (χ2v) is 5.05. The van der Waals surface area contributed by atoms with Crippen molar-refractivity contribution in [1.82, 2.24) is 0 Å². The van der Waals surface area contributed by atoms with Crippen molar-refractivity contribution in [2.75, 3.05) is 0 Å². The molecule has 1 nitrogen and oxygen atoms in total. The van der Waals surface area contributed by atoms with E-state index in [4.69, 9.17) is 5.73 Å². The fourth-order valence-corrected chi connectivity index (χ4v) is 1.92. The maximum absolute atomic E-state index is 13.8. The summed E-state index contributed by atoms with van der Waals surface area (Å²) in [4.78, 5) is 0. The van der Waals surface area contributed by atoms with Gasteiger partial charge in [-0.05, 0) is 25.8 Å². The first-order valence-electron chi connectivity index (χ1n) is 6.61. The van der Waals surface area contributed by atoms with Gasteiger partial charge in [-0.3, -0.25) is 0 Å². The molecule has 1 aromatic rings. The van der Waals surface area contributed by atoms with Gasteiger partial charge < -0.3 is 5.73 Å². The highest BCUT2D eigenvalue weighted by atomic mass is 19.2. The molecule has 0 aliphatic rings. The molecule has 22 heavy (non-hydrogen) atoms. The first-order chi connectivity index (χ1) is 10.1. The number of benzene rings is 1. The summed E-state index contributed by atoms with van der Waals surface area (Å²) >= 11 is 0. The molecule has 0 spiro atoms. The van der Waals surface area contributed by atoms with Gasteiger partial charge in [-0.25, -0.2) is 30.7 Å². The third-order valence-electron chi connectivity index (χ3n) is 3.29. The molecule has 2 N–H and O–H groups in total. The molecule has 0 aliphatic carbocycles. The van der Waals surface area contributed by atoms with Crippen LogP contribution in [-0.4, -0.2) is 24.7 Å². The Balaban J connectivity index is 2.78. The molecule has 1 aromatic carbocycles. The molecule has 126 valence electrons. The predicted octanol–water partition coefficient (Wildman–Crippen LogP) is 4.26. The van der Waals surface area contributed by atoms with Crippen LogP contribution in [-0.2, 0) is 0 Å². The molecular weight excluding hydrogens is 315 g/mol. The lowest BCUT2D eigenvalue weighted by atomic mass is 9.96. The van der Waals surface area contributed by atoms with Crippen LogP contribution in [0, 0.1) is 17.5 Å². The Kier molecular flexibility index (Phi) is 6.65. The van der Waals surface area contributed by atoms with Crippen molar-refractivity contribution in [3.63, 3.8) is 0 Å². The van der Waals surface area contributed by atoms with Gasteiger partial charge in [0.2, 0.25) is 0 Å². The third-order valence-corrected chi connectivity index (χ3v) is 3.29. The quantitative estimate of drug-likeness (QED) is 0.586. The fraction of sp³-hybridized carbons (Fsp3) is 0.571. The largest absolute Gasteiger partial charge is 0.321 e. The smallest absolute Gasteiger partial charge is 0.163 e. The maximum Gasteiger partial charge on any atom is 0.163 e. The van der Waals surface area contributed by atoms with Gasteiger partial charge in [0.1, 0.15) is 24.3 Å². The first kappa shape index (κ1) is 18.7. The SMILES string of the molecule is CC(F)C(F)CCC(F)C(F)C(N)c1cc(F)cc(F)c1F. The average molecular weight is 331 g/mol. The molecule has 0 saturated carbocycles. The second-order valence-electron chi connectivity index (χ2n) is 5.05. The summed E-state index contributed by atoms with van der Waals surface area (Å²) in [6, 6.07) is -1.27. The zero-order chi connectivity index (χ0) is 17.0. The summed E-state index contributed by atoms with van der Waals surface area (Å²) in [7, 11) is 0. The Hall–Kier alpha value is -1.31. The lowest BCUT2D eigenvalue weighted by Gasteiger charge is -2.22. The third kappa shape index (κ3) is 4.59. The van der Waals surface area contributed by atoms with Crippen molar-refractivity contribution in [2.24, 2.45) is 5.73 Å². The Labute approximate surface area is 123 Å². The summed E-state index contributed by atoms with van der Waals surface area (Å²) in [6.07, 6.45) is -9.93. The van der Waals surface area contributed by atoms with E-state index in [-0.39, 0.29) is 6.07 Å². The Bertz CT molecular complexity index is 494. The first-order valence-corrected chi connectivity index (χ1v) is 6.61. The minimum Gasteiger partial charge on any atom is -0.321 e. The summed E-state index contributed by atoms with van der Waals surface area (Å²) < 4.78 is 92.5. The highest BCUT2D eigenvalue weighted by molar-refractivity contribution is 5.24. The van der Waals surface area contributed by atoms with Crippen LogP contribution >= 0.6 is 0 Å².